The minimum atomic E-state index is -0.189. The highest BCUT2D eigenvalue weighted by Crippen LogP contribution is 2.10. The lowest BCUT2D eigenvalue weighted by Crippen LogP contribution is -2.09. The quantitative estimate of drug-likeness (QED) is 0.782. The van der Waals surface area contributed by atoms with Gasteiger partial charge in [0.15, 0.2) is 0 Å². The summed E-state index contributed by atoms with van der Waals surface area (Å²) in [5, 5.41) is 9.44. The van der Waals surface area contributed by atoms with E-state index in [2.05, 4.69) is 19.1 Å². The lowest BCUT2D eigenvalue weighted by Gasteiger charge is -2.09. The van der Waals surface area contributed by atoms with E-state index in [1.54, 1.807) is 0 Å². The van der Waals surface area contributed by atoms with Gasteiger partial charge in [-0.1, -0.05) is 45.0 Å². The van der Waals surface area contributed by atoms with Crippen molar-refractivity contribution in [3.05, 3.63) is 35.4 Å². The summed E-state index contributed by atoms with van der Waals surface area (Å²) in [4.78, 5) is 0. The molecule has 0 heterocycles. The van der Waals surface area contributed by atoms with E-state index in [-0.39, 0.29) is 6.10 Å². The first-order valence-corrected chi connectivity index (χ1v) is 5.46. The Kier molecular flexibility index (Phi) is 7.13. The van der Waals surface area contributed by atoms with Gasteiger partial charge in [-0.15, -0.1) is 0 Å². The van der Waals surface area contributed by atoms with Crippen molar-refractivity contribution >= 4 is 0 Å². The van der Waals surface area contributed by atoms with Gasteiger partial charge in [0.2, 0.25) is 0 Å². The normalized spacial score (nSPS) is 11.5. The van der Waals surface area contributed by atoms with Crippen molar-refractivity contribution in [2.45, 2.75) is 46.6 Å². The topological polar surface area (TPSA) is 20.2 Å². The molecule has 1 aromatic carbocycles. The van der Waals surface area contributed by atoms with E-state index in [1.165, 1.54) is 11.1 Å². The monoisotopic (exact) mass is 194 g/mol. The molecule has 1 atom stereocenters. The van der Waals surface area contributed by atoms with E-state index in [4.69, 9.17) is 0 Å². The van der Waals surface area contributed by atoms with Crippen LogP contribution in [0.1, 0.15) is 38.3 Å². The first-order chi connectivity index (χ1) is 6.74. The van der Waals surface area contributed by atoms with Crippen LogP contribution in [0.15, 0.2) is 24.3 Å². The number of aliphatic hydroxyl groups is 1. The molecule has 1 unspecified atom stereocenters. The van der Waals surface area contributed by atoms with Gasteiger partial charge in [0, 0.05) is 0 Å². The Hall–Kier alpha value is -0.820. The van der Waals surface area contributed by atoms with Crippen LogP contribution in [0.2, 0.25) is 0 Å². The molecule has 0 bridgehead atoms. The first-order valence-electron chi connectivity index (χ1n) is 5.46. The molecule has 1 aromatic rings. The van der Waals surface area contributed by atoms with Gasteiger partial charge < -0.3 is 5.11 Å². The maximum Gasteiger partial charge on any atom is 0.0578 e. The molecule has 1 N–H and O–H groups in total. The van der Waals surface area contributed by atoms with Crippen LogP contribution in [-0.2, 0) is 6.42 Å². The van der Waals surface area contributed by atoms with Gasteiger partial charge in [0.1, 0.15) is 0 Å². The standard InChI is InChI=1S/C11H16O.C2H6/c1-3-11(12)8-10-7-5-4-6-9(10)2;1-2/h4-7,11-12H,3,8H2,1-2H3;1-2H3. The zero-order valence-electron chi connectivity index (χ0n) is 9.75. The van der Waals surface area contributed by atoms with Crippen LogP contribution >= 0.6 is 0 Å². The highest BCUT2D eigenvalue weighted by atomic mass is 16.3. The molecular formula is C13H22O. The Morgan fingerprint density at radius 1 is 1.21 bits per heavy atom. The zero-order valence-corrected chi connectivity index (χ0v) is 9.75. The molecule has 1 nitrogen and oxygen atoms in total. The fourth-order valence-corrected chi connectivity index (χ4v) is 1.24. The number of hydrogen-bond donors (Lipinski definition) is 1. The average molecular weight is 194 g/mol. The number of hydrogen-bond acceptors (Lipinski definition) is 1. The average Bonchev–Trinajstić information content (AvgIpc) is 2.24. The number of aryl methyl sites for hydroxylation is 1. The van der Waals surface area contributed by atoms with E-state index < -0.39 is 0 Å². The summed E-state index contributed by atoms with van der Waals surface area (Å²) in [6.07, 6.45) is 1.42. The van der Waals surface area contributed by atoms with Crippen LogP contribution in [0.5, 0.6) is 0 Å². The summed E-state index contributed by atoms with van der Waals surface area (Å²) in [5.74, 6) is 0. The number of benzene rings is 1. The Balaban J connectivity index is 0.000000791. The Morgan fingerprint density at radius 3 is 2.29 bits per heavy atom. The lowest BCUT2D eigenvalue weighted by atomic mass is 10.0. The zero-order chi connectivity index (χ0) is 11.0. The third kappa shape index (κ3) is 4.43. The van der Waals surface area contributed by atoms with Gasteiger partial charge in [-0.3, -0.25) is 0 Å². The van der Waals surface area contributed by atoms with Crippen molar-refractivity contribution < 1.29 is 5.11 Å². The number of aliphatic hydroxyl groups excluding tert-OH is 1. The minimum absolute atomic E-state index is 0.189. The van der Waals surface area contributed by atoms with E-state index in [0.29, 0.717) is 0 Å². The number of rotatable bonds is 3. The molecule has 0 aromatic heterocycles. The molecule has 80 valence electrons. The van der Waals surface area contributed by atoms with Gasteiger partial charge in [-0.25, -0.2) is 0 Å². The maximum atomic E-state index is 9.44. The fraction of sp³-hybridized carbons (Fsp3) is 0.538. The van der Waals surface area contributed by atoms with Crippen LogP contribution in [0, 0.1) is 6.92 Å². The summed E-state index contributed by atoms with van der Waals surface area (Å²) in [6, 6.07) is 8.20. The molecular weight excluding hydrogens is 172 g/mol. The second kappa shape index (κ2) is 7.57. The molecule has 0 amide bonds. The third-order valence-corrected chi connectivity index (χ3v) is 2.19. The molecule has 0 spiro atoms. The molecule has 14 heavy (non-hydrogen) atoms. The first kappa shape index (κ1) is 13.2. The smallest absolute Gasteiger partial charge is 0.0578 e. The van der Waals surface area contributed by atoms with Gasteiger partial charge in [0.05, 0.1) is 6.10 Å². The molecule has 0 aliphatic carbocycles. The molecule has 0 saturated carbocycles. The fourth-order valence-electron chi connectivity index (χ4n) is 1.24. The summed E-state index contributed by atoms with van der Waals surface area (Å²) in [7, 11) is 0. The summed E-state index contributed by atoms with van der Waals surface area (Å²) < 4.78 is 0. The van der Waals surface area contributed by atoms with Gasteiger partial charge in [-0.2, -0.15) is 0 Å². The van der Waals surface area contributed by atoms with Gasteiger partial charge in [0.25, 0.3) is 0 Å². The maximum absolute atomic E-state index is 9.44. The minimum Gasteiger partial charge on any atom is -0.393 e. The molecule has 0 fully saturated rings. The Labute approximate surface area is 87.8 Å². The SMILES string of the molecule is CC.CCC(O)Cc1ccccc1C. The van der Waals surface area contributed by atoms with Crippen molar-refractivity contribution in [1.29, 1.82) is 0 Å². The third-order valence-electron chi connectivity index (χ3n) is 2.19. The Bertz CT molecular complexity index is 243. The van der Waals surface area contributed by atoms with Crippen molar-refractivity contribution in [1.82, 2.24) is 0 Å². The molecule has 1 heteroatoms. The summed E-state index contributed by atoms with van der Waals surface area (Å²) in [5.41, 5.74) is 2.52. The molecule has 0 aliphatic rings. The summed E-state index contributed by atoms with van der Waals surface area (Å²) in [6.45, 7) is 8.08. The highest BCUT2D eigenvalue weighted by Gasteiger charge is 2.03. The Morgan fingerprint density at radius 2 is 1.79 bits per heavy atom. The van der Waals surface area contributed by atoms with Crippen LogP contribution in [-0.4, -0.2) is 11.2 Å². The van der Waals surface area contributed by atoms with Gasteiger partial charge >= 0.3 is 0 Å². The van der Waals surface area contributed by atoms with Crippen molar-refractivity contribution in [2.24, 2.45) is 0 Å². The predicted molar refractivity (Wildman–Crippen MR) is 62.5 cm³/mol. The van der Waals surface area contributed by atoms with Crippen molar-refractivity contribution in [3.8, 4) is 0 Å². The highest BCUT2D eigenvalue weighted by molar-refractivity contribution is 5.25. The van der Waals surface area contributed by atoms with Crippen LogP contribution in [0.3, 0.4) is 0 Å². The molecule has 1 rings (SSSR count). The molecule has 0 aliphatic heterocycles. The molecule has 0 saturated heterocycles. The van der Waals surface area contributed by atoms with Crippen LogP contribution in [0.25, 0.3) is 0 Å². The largest absolute Gasteiger partial charge is 0.393 e. The van der Waals surface area contributed by atoms with E-state index in [9.17, 15) is 5.11 Å². The predicted octanol–water partition coefficient (Wildman–Crippen LogP) is 3.33. The van der Waals surface area contributed by atoms with Gasteiger partial charge in [-0.05, 0) is 30.9 Å². The van der Waals surface area contributed by atoms with Crippen molar-refractivity contribution in [2.75, 3.05) is 0 Å². The van der Waals surface area contributed by atoms with Crippen LogP contribution < -0.4 is 0 Å². The van der Waals surface area contributed by atoms with Crippen molar-refractivity contribution in [3.63, 3.8) is 0 Å². The van der Waals surface area contributed by atoms with Crippen LogP contribution in [0.4, 0.5) is 0 Å². The second-order valence-electron chi connectivity index (χ2n) is 3.19. The summed E-state index contributed by atoms with van der Waals surface area (Å²) >= 11 is 0. The van der Waals surface area contributed by atoms with E-state index in [0.717, 1.165) is 12.8 Å². The van der Waals surface area contributed by atoms with E-state index >= 15 is 0 Å². The second-order valence-corrected chi connectivity index (χ2v) is 3.19. The lowest BCUT2D eigenvalue weighted by molar-refractivity contribution is 0.170. The van der Waals surface area contributed by atoms with E-state index in [1.807, 2.05) is 32.9 Å². The molecule has 0 radical (unpaired) electrons.